The van der Waals surface area contributed by atoms with Crippen LogP contribution in [-0.2, 0) is 4.79 Å². The van der Waals surface area contributed by atoms with Crippen molar-refractivity contribution in [2.45, 2.75) is 50.2 Å². The molecule has 2 atom stereocenters. The molecular formula is C10H13F6NO2. The van der Waals surface area contributed by atoms with E-state index in [1.165, 1.54) is 0 Å². The molecule has 0 aromatic rings. The monoisotopic (exact) mass is 293 g/mol. The summed E-state index contributed by atoms with van der Waals surface area (Å²) in [5.74, 6) is -6.22. The van der Waals surface area contributed by atoms with Crippen molar-refractivity contribution in [3.05, 3.63) is 0 Å². The third-order valence-electron chi connectivity index (χ3n) is 2.97. The highest BCUT2D eigenvalue weighted by Crippen LogP contribution is 2.39. The van der Waals surface area contributed by atoms with Crippen molar-refractivity contribution in [1.29, 1.82) is 0 Å². The van der Waals surface area contributed by atoms with Gasteiger partial charge in [0.05, 0.1) is 12.1 Å². The minimum absolute atomic E-state index is 0.162. The van der Waals surface area contributed by atoms with Crippen molar-refractivity contribution in [2.24, 2.45) is 5.92 Å². The van der Waals surface area contributed by atoms with Crippen LogP contribution >= 0.6 is 0 Å². The first-order chi connectivity index (χ1) is 8.53. The first kappa shape index (κ1) is 16.1. The molecule has 0 bridgehead atoms. The van der Waals surface area contributed by atoms with Crippen molar-refractivity contribution in [3.63, 3.8) is 0 Å². The summed E-state index contributed by atoms with van der Waals surface area (Å²) in [6, 6.07) is -1.06. The zero-order valence-electron chi connectivity index (χ0n) is 9.68. The van der Waals surface area contributed by atoms with Crippen LogP contribution in [0.5, 0.6) is 0 Å². The standard InChI is InChI=1S/C10H13F6NO2/c11-9(12,13)7(10(14,15)16)8(19)17-5-3-1-2-4-6(5)18/h5-7,18H,1-4H2,(H,17,19). The number of aliphatic hydroxyl groups excluding tert-OH is 1. The van der Waals surface area contributed by atoms with Crippen LogP contribution in [0.15, 0.2) is 0 Å². The minimum atomic E-state index is -5.71. The molecule has 0 aliphatic heterocycles. The topological polar surface area (TPSA) is 49.3 Å². The second-order valence-corrected chi connectivity index (χ2v) is 4.48. The maximum absolute atomic E-state index is 12.3. The molecule has 1 aliphatic rings. The molecule has 1 aliphatic carbocycles. The molecule has 2 N–H and O–H groups in total. The van der Waals surface area contributed by atoms with Crippen LogP contribution in [0, 0.1) is 5.92 Å². The van der Waals surface area contributed by atoms with Gasteiger partial charge in [-0.3, -0.25) is 4.79 Å². The molecule has 0 radical (unpaired) electrons. The van der Waals surface area contributed by atoms with Gasteiger partial charge in [0.15, 0.2) is 0 Å². The number of hydrogen-bond donors (Lipinski definition) is 2. The van der Waals surface area contributed by atoms with Crippen molar-refractivity contribution in [2.75, 3.05) is 0 Å². The lowest BCUT2D eigenvalue weighted by molar-refractivity contribution is -0.274. The van der Waals surface area contributed by atoms with E-state index in [-0.39, 0.29) is 12.8 Å². The van der Waals surface area contributed by atoms with Crippen LogP contribution in [0.1, 0.15) is 25.7 Å². The lowest BCUT2D eigenvalue weighted by atomic mass is 9.92. The van der Waals surface area contributed by atoms with Crippen molar-refractivity contribution < 1.29 is 36.2 Å². The van der Waals surface area contributed by atoms with Gasteiger partial charge in [0.1, 0.15) is 0 Å². The number of alkyl halides is 6. The van der Waals surface area contributed by atoms with Crippen molar-refractivity contribution in [1.82, 2.24) is 5.32 Å². The van der Waals surface area contributed by atoms with Gasteiger partial charge in [-0.2, -0.15) is 26.3 Å². The average Bonchev–Trinajstić information content (AvgIpc) is 2.16. The molecule has 9 heteroatoms. The van der Waals surface area contributed by atoms with Crippen LogP contribution in [0.3, 0.4) is 0 Å². The lowest BCUT2D eigenvalue weighted by Crippen LogP contribution is -2.53. The van der Waals surface area contributed by atoms with Gasteiger partial charge in [-0.05, 0) is 12.8 Å². The number of hydrogen-bond acceptors (Lipinski definition) is 2. The first-order valence-electron chi connectivity index (χ1n) is 5.65. The van der Waals surface area contributed by atoms with Crippen molar-refractivity contribution in [3.8, 4) is 0 Å². The molecule has 1 rings (SSSR count). The minimum Gasteiger partial charge on any atom is -0.391 e. The van der Waals surface area contributed by atoms with Gasteiger partial charge in [-0.25, -0.2) is 0 Å². The molecule has 0 saturated heterocycles. The Bertz CT molecular complexity index is 313. The molecule has 1 amide bonds. The summed E-state index contributed by atoms with van der Waals surface area (Å²) in [5.41, 5.74) is 0. The highest BCUT2D eigenvalue weighted by molar-refractivity contribution is 5.80. The van der Waals surface area contributed by atoms with Gasteiger partial charge in [0, 0.05) is 0 Å². The van der Waals surface area contributed by atoms with Crippen LogP contribution in [0.4, 0.5) is 26.3 Å². The van der Waals surface area contributed by atoms with Crippen LogP contribution in [0.2, 0.25) is 0 Å². The summed E-state index contributed by atoms with van der Waals surface area (Å²) in [4.78, 5) is 11.2. The molecular weight excluding hydrogens is 280 g/mol. The van der Waals surface area contributed by atoms with Crippen LogP contribution in [-0.4, -0.2) is 35.5 Å². The maximum Gasteiger partial charge on any atom is 0.409 e. The van der Waals surface area contributed by atoms with E-state index in [1.54, 1.807) is 5.32 Å². The Morgan fingerprint density at radius 1 is 1.05 bits per heavy atom. The number of carbonyl (C=O) groups excluding carboxylic acids is 1. The third kappa shape index (κ3) is 4.26. The number of rotatable bonds is 2. The van der Waals surface area contributed by atoms with E-state index in [4.69, 9.17) is 0 Å². The summed E-state index contributed by atoms with van der Waals surface area (Å²) in [6.45, 7) is 0. The van der Waals surface area contributed by atoms with E-state index >= 15 is 0 Å². The highest BCUT2D eigenvalue weighted by Gasteiger charge is 2.61. The summed E-state index contributed by atoms with van der Waals surface area (Å²) >= 11 is 0. The number of carbonyl (C=O) groups is 1. The van der Waals surface area contributed by atoms with E-state index in [0.717, 1.165) is 0 Å². The van der Waals surface area contributed by atoms with E-state index in [0.29, 0.717) is 12.8 Å². The molecule has 3 nitrogen and oxygen atoms in total. The van der Waals surface area contributed by atoms with Crippen LogP contribution < -0.4 is 5.32 Å². The van der Waals surface area contributed by atoms with E-state index in [1.807, 2.05) is 0 Å². The zero-order chi connectivity index (χ0) is 14.8. The second-order valence-electron chi connectivity index (χ2n) is 4.48. The quantitative estimate of drug-likeness (QED) is 0.766. The fraction of sp³-hybridized carbons (Fsp3) is 0.900. The smallest absolute Gasteiger partial charge is 0.391 e. The largest absolute Gasteiger partial charge is 0.409 e. The Kier molecular flexibility index (Phi) is 4.70. The second kappa shape index (κ2) is 5.56. The van der Waals surface area contributed by atoms with Crippen LogP contribution in [0.25, 0.3) is 0 Å². The fourth-order valence-electron chi connectivity index (χ4n) is 2.03. The number of nitrogens with one attached hydrogen (secondary N) is 1. The van der Waals surface area contributed by atoms with Gasteiger partial charge in [0.2, 0.25) is 11.8 Å². The van der Waals surface area contributed by atoms with E-state index in [2.05, 4.69) is 0 Å². The summed E-state index contributed by atoms with van der Waals surface area (Å²) < 4.78 is 73.6. The Hall–Kier alpha value is -0.990. The predicted molar refractivity (Wildman–Crippen MR) is 52.0 cm³/mol. The first-order valence-corrected chi connectivity index (χ1v) is 5.65. The van der Waals surface area contributed by atoms with Gasteiger partial charge in [-0.1, -0.05) is 12.8 Å². The van der Waals surface area contributed by atoms with Gasteiger partial charge in [0.25, 0.3) is 0 Å². The Balaban J connectivity index is 2.78. The maximum atomic E-state index is 12.3. The Morgan fingerprint density at radius 3 is 1.95 bits per heavy atom. The average molecular weight is 293 g/mol. The Labute approximate surface area is 105 Å². The SMILES string of the molecule is O=C(NC1CCCCC1O)C(C(F)(F)F)C(F)(F)F. The van der Waals surface area contributed by atoms with Gasteiger partial charge in [-0.15, -0.1) is 0 Å². The lowest BCUT2D eigenvalue weighted by Gasteiger charge is -2.30. The highest BCUT2D eigenvalue weighted by atomic mass is 19.4. The third-order valence-corrected chi connectivity index (χ3v) is 2.97. The molecule has 2 unspecified atom stereocenters. The zero-order valence-corrected chi connectivity index (χ0v) is 9.68. The number of halogens is 6. The summed E-state index contributed by atoms with van der Waals surface area (Å²) in [5, 5.41) is 11.1. The summed E-state index contributed by atoms with van der Waals surface area (Å²) in [6.07, 6.45) is -11.0. The molecule has 0 aromatic heterocycles. The molecule has 0 heterocycles. The summed E-state index contributed by atoms with van der Waals surface area (Å²) in [7, 11) is 0. The number of amides is 1. The predicted octanol–water partition coefficient (Wildman–Crippen LogP) is 2.15. The Morgan fingerprint density at radius 2 is 1.53 bits per heavy atom. The molecule has 0 aromatic carbocycles. The molecule has 0 spiro atoms. The molecule has 19 heavy (non-hydrogen) atoms. The number of aliphatic hydroxyl groups is 1. The van der Waals surface area contributed by atoms with E-state index < -0.39 is 36.3 Å². The van der Waals surface area contributed by atoms with Crippen molar-refractivity contribution >= 4 is 5.91 Å². The van der Waals surface area contributed by atoms with E-state index in [9.17, 15) is 36.2 Å². The molecule has 112 valence electrons. The van der Waals surface area contributed by atoms with Gasteiger partial charge < -0.3 is 10.4 Å². The molecule has 1 saturated carbocycles. The van der Waals surface area contributed by atoms with Gasteiger partial charge >= 0.3 is 12.4 Å². The molecule has 1 fully saturated rings. The normalized spacial score (nSPS) is 25.5. The fourth-order valence-corrected chi connectivity index (χ4v) is 2.03.